The van der Waals surface area contributed by atoms with Crippen LogP contribution in [-0.4, -0.2) is 32.9 Å². The van der Waals surface area contributed by atoms with Crippen LogP contribution in [0.1, 0.15) is 40.8 Å². The second-order valence-corrected chi connectivity index (χ2v) is 6.00. The summed E-state index contributed by atoms with van der Waals surface area (Å²) in [6.07, 6.45) is 3.01. The van der Waals surface area contributed by atoms with Gasteiger partial charge >= 0.3 is 0 Å². The molecule has 0 aromatic carbocycles. The molecule has 2 aromatic rings. The molecular formula is C17H22N4. The molecule has 0 aliphatic carbocycles. The molecule has 1 aliphatic heterocycles. The molecule has 1 atom stereocenters. The third-order valence-electron chi connectivity index (χ3n) is 4.13. The van der Waals surface area contributed by atoms with Gasteiger partial charge in [0.2, 0.25) is 0 Å². The van der Waals surface area contributed by atoms with E-state index in [0.29, 0.717) is 5.92 Å². The molecule has 0 saturated carbocycles. The van der Waals surface area contributed by atoms with Crippen molar-refractivity contribution in [3.63, 3.8) is 0 Å². The van der Waals surface area contributed by atoms with Crippen molar-refractivity contribution in [1.82, 2.24) is 19.9 Å². The van der Waals surface area contributed by atoms with Crippen molar-refractivity contribution < 1.29 is 0 Å². The zero-order valence-corrected chi connectivity index (χ0v) is 13.0. The Kier molecular flexibility index (Phi) is 3.97. The van der Waals surface area contributed by atoms with E-state index in [0.717, 1.165) is 43.3 Å². The van der Waals surface area contributed by atoms with E-state index in [1.165, 1.54) is 11.3 Å². The Balaban J connectivity index is 1.69. The van der Waals surface area contributed by atoms with Gasteiger partial charge in [0.25, 0.3) is 0 Å². The van der Waals surface area contributed by atoms with Crippen molar-refractivity contribution in [2.45, 2.75) is 39.7 Å². The van der Waals surface area contributed by atoms with Crippen LogP contribution in [0.4, 0.5) is 0 Å². The van der Waals surface area contributed by atoms with Crippen LogP contribution in [0.25, 0.3) is 0 Å². The summed E-state index contributed by atoms with van der Waals surface area (Å²) < 4.78 is 0. The zero-order valence-electron chi connectivity index (χ0n) is 13.0. The van der Waals surface area contributed by atoms with Gasteiger partial charge in [-0.05, 0) is 51.4 Å². The number of hydrogen-bond acceptors (Lipinski definition) is 4. The number of rotatable bonds is 3. The quantitative estimate of drug-likeness (QED) is 0.868. The highest BCUT2D eigenvalue weighted by Gasteiger charge is 2.26. The van der Waals surface area contributed by atoms with Gasteiger partial charge in [-0.1, -0.05) is 6.07 Å². The molecule has 0 radical (unpaired) electrons. The van der Waals surface area contributed by atoms with Crippen LogP contribution >= 0.6 is 0 Å². The smallest absolute Gasteiger partial charge is 0.133 e. The van der Waals surface area contributed by atoms with Gasteiger partial charge in [-0.3, -0.25) is 9.88 Å². The minimum atomic E-state index is 0.451. The largest absolute Gasteiger partial charge is 0.297 e. The van der Waals surface area contributed by atoms with Gasteiger partial charge in [0.05, 0.1) is 5.69 Å². The van der Waals surface area contributed by atoms with E-state index in [9.17, 15) is 0 Å². The summed E-state index contributed by atoms with van der Waals surface area (Å²) in [7, 11) is 0. The molecule has 4 heteroatoms. The number of likely N-dealkylation sites (tertiary alicyclic amines) is 1. The SMILES string of the molecule is Cc1cc(C)nc([C@H]2CCN(Cc3ncccc3C)C2)n1. The summed E-state index contributed by atoms with van der Waals surface area (Å²) in [6, 6.07) is 6.16. The molecule has 2 aromatic heterocycles. The van der Waals surface area contributed by atoms with Crippen molar-refractivity contribution in [2.24, 2.45) is 0 Å². The molecule has 1 saturated heterocycles. The normalized spacial score (nSPS) is 19.1. The second-order valence-electron chi connectivity index (χ2n) is 6.00. The molecule has 0 N–H and O–H groups in total. The Hall–Kier alpha value is -1.81. The molecule has 3 rings (SSSR count). The molecule has 0 unspecified atom stereocenters. The first-order chi connectivity index (χ1) is 10.1. The third-order valence-corrected chi connectivity index (χ3v) is 4.13. The third kappa shape index (κ3) is 3.27. The molecule has 4 nitrogen and oxygen atoms in total. The lowest BCUT2D eigenvalue weighted by molar-refractivity contribution is 0.321. The number of pyridine rings is 1. The summed E-state index contributed by atoms with van der Waals surface area (Å²) in [4.78, 5) is 16.2. The summed E-state index contributed by atoms with van der Waals surface area (Å²) in [5, 5.41) is 0. The van der Waals surface area contributed by atoms with Gasteiger partial charge in [-0.25, -0.2) is 9.97 Å². The molecule has 0 bridgehead atoms. The van der Waals surface area contributed by atoms with E-state index in [1.54, 1.807) is 0 Å². The van der Waals surface area contributed by atoms with Crippen LogP contribution in [-0.2, 0) is 6.54 Å². The number of hydrogen-bond donors (Lipinski definition) is 0. The van der Waals surface area contributed by atoms with Crippen LogP contribution in [0.5, 0.6) is 0 Å². The Morgan fingerprint density at radius 1 is 1.19 bits per heavy atom. The van der Waals surface area contributed by atoms with Crippen LogP contribution in [0.2, 0.25) is 0 Å². The lowest BCUT2D eigenvalue weighted by Crippen LogP contribution is -2.21. The van der Waals surface area contributed by atoms with E-state index in [1.807, 2.05) is 32.2 Å². The lowest BCUT2D eigenvalue weighted by Gasteiger charge is -2.16. The topological polar surface area (TPSA) is 41.9 Å². The Bertz CT molecular complexity index is 618. The van der Waals surface area contributed by atoms with Gasteiger partial charge in [0, 0.05) is 36.6 Å². The van der Waals surface area contributed by atoms with Crippen LogP contribution in [0.15, 0.2) is 24.4 Å². The van der Waals surface area contributed by atoms with Gasteiger partial charge in [0.15, 0.2) is 0 Å². The van der Waals surface area contributed by atoms with Gasteiger partial charge in [0.1, 0.15) is 5.82 Å². The average molecular weight is 282 g/mol. The number of nitrogens with zero attached hydrogens (tertiary/aromatic N) is 4. The summed E-state index contributed by atoms with van der Waals surface area (Å²) in [6.45, 7) is 9.26. The molecule has 21 heavy (non-hydrogen) atoms. The molecule has 110 valence electrons. The van der Waals surface area contributed by atoms with E-state index >= 15 is 0 Å². The average Bonchev–Trinajstić information content (AvgIpc) is 2.89. The number of aryl methyl sites for hydroxylation is 3. The molecule has 1 aliphatic rings. The van der Waals surface area contributed by atoms with Crippen molar-refractivity contribution in [1.29, 1.82) is 0 Å². The van der Waals surface area contributed by atoms with Crippen molar-refractivity contribution >= 4 is 0 Å². The Morgan fingerprint density at radius 2 is 1.95 bits per heavy atom. The highest BCUT2D eigenvalue weighted by molar-refractivity contribution is 5.18. The molecule has 3 heterocycles. The fourth-order valence-electron chi connectivity index (χ4n) is 3.02. The summed E-state index contributed by atoms with van der Waals surface area (Å²) >= 11 is 0. The van der Waals surface area contributed by atoms with Crippen molar-refractivity contribution in [3.05, 3.63) is 52.9 Å². The lowest BCUT2D eigenvalue weighted by atomic mass is 10.1. The highest BCUT2D eigenvalue weighted by atomic mass is 15.2. The van der Waals surface area contributed by atoms with Crippen LogP contribution in [0, 0.1) is 20.8 Å². The summed E-state index contributed by atoms with van der Waals surface area (Å²) in [5.41, 5.74) is 4.58. The van der Waals surface area contributed by atoms with E-state index in [-0.39, 0.29) is 0 Å². The second kappa shape index (κ2) is 5.90. The fraction of sp³-hybridized carbons (Fsp3) is 0.471. The maximum atomic E-state index is 4.62. The zero-order chi connectivity index (χ0) is 14.8. The molecular weight excluding hydrogens is 260 g/mol. The van der Waals surface area contributed by atoms with Gasteiger partial charge in [-0.15, -0.1) is 0 Å². The first-order valence-corrected chi connectivity index (χ1v) is 7.57. The van der Waals surface area contributed by atoms with Crippen LogP contribution in [0.3, 0.4) is 0 Å². The first kappa shape index (κ1) is 14.1. The predicted octanol–water partition coefficient (Wildman–Crippen LogP) is 2.79. The predicted molar refractivity (Wildman–Crippen MR) is 83.1 cm³/mol. The van der Waals surface area contributed by atoms with Crippen molar-refractivity contribution in [3.8, 4) is 0 Å². The van der Waals surface area contributed by atoms with Gasteiger partial charge in [-0.2, -0.15) is 0 Å². The van der Waals surface area contributed by atoms with E-state index < -0.39 is 0 Å². The van der Waals surface area contributed by atoms with Gasteiger partial charge < -0.3 is 0 Å². The molecule has 0 spiro atoms. The van der Waals surface area contributed by atoms with Crippen molar-refractivity contribution in [2.75, 3.05) is 13.1 Å². The highest BCUT2D eigenvalue weighted by Crippen LogP contribution is 2.26. The number of aromatic nitrogens is 3. The minimum Gasteiger partial charge on any atom is -0.297 e. The van der Waals surface area contributed by atoms with E-state index in [2.05, 4.69) is 32.8 Å². The first-order valence-electron chi connectivity index (χ1n) is 7.57. The maximum Gasteiger partial charge on any atom is 0.133 e. The fourth-order valence-corrected chi connectivity index (χ4v) is 3.02. The molecule has 1 fully saturated rings. The van der Waals surface area contributed by atoms with E-state index in [4.69, 9.17) is 0 Å². The maximum absolute atomic E-state index is 4.62. The molecule has 0 amide bonds. The minimum absolute atomic E-state index is 0.451. The van der Waals surface area contributed by atoms with Crippen LogP contribution < -0.4 is 0 Å². The monoisotopic (exact) mass is 282 g/mol. The Labute approximate surface area is 126 Å². The standard InChI is InChI=1S/C17H22N4/c1-12-5-4-7-18-16(12)11-21-8-6-15(10-21)17-19-13(2)9-14(3)20-17/h4-5,7,9,15H,6,8,10-11H2,1-3H3/t15-/m0/s1. The summed E-state index contributed by atoms with van der Waals surface area (Å²) in [5.74, 6) is 1.46. The Morgan fingerprint density at radius 3 is 2.67 bits per heavy atom.